The molecule has 0 spiro atoms. The highest BCUT2D eigenvalue weighted by molar-refractivity contribution is 6.32. The summed E-state index contributed by atoms with van der Waals surface area (Å²) >= 11 is 5.75. The second-order valence-corrected chi connectivity index (χ2v) is 4.72. The Bertz CT molecular complexity index is 489. The first-order chi connectivity index (χ1) is 9.66. The Morgan fingerprint density at radius 1 is 1.55 bits per heavy atom. The molecule has 0 radical (unpaired) electrons. The number of pyridine rings is 1. The van der Waals surface area contributed by atoms with Crippen molar-refractivity contribution in [1.82, 2.24) is 10.3 Å². The predicted molar refractivity (Wildman–Crippen MR) is 71.5 cm³/mol. The van der Waals surface area contributed by atoms with Gasteiger partial charge in [0.1, 0.15) is 5.15 Å². The van der Waals surface area contributed by atoms with E-state index in [4.69, 9.17) is 21.1 Å². The molecule has 1 aromatic rings. The molecule has 1 fully saturated rings. The largest absolute Gasteiger partial charge is 0.452 e. The molecule has 0 aliphatic carbocycles. The van der Waals surface area contributed by atoms with Crippen molar-refractivity contribution in [2.24, 2.45) is 0 Å². The number of aromatic nitrogens is 1. The average molecular weight is 299 g/mol. The Kier molecular flexibility index (Phi) is 5.31. The molecule has 1 aliphatic rings. The molecule has 0 bridgehead atoms. The molecule has 0 saturated carbocycles. The van der Waals surface area contributed by atoms with Crippen molar-refractivity contribution in [3.8, 4) is 0 Å². The number of amides is 1. The number of rotatable bonds is 5. The van der Waals surface area contributed by atoms with Crippen LogP contribution in [0.2, 0.25) is 5.15 Å². The lowest BCUT2D eigenvalue weighted by molar-refractivity contribution is -0.124. The Morgan fingerprint density at radius 3 is 3.10 bits per heavy atom. The number of carbonyl (C=O) groups is 2. The van der Waals surface area contributed by atoms with Gasteiger partial charge in [0.15, 0.2) is 6.61 Å². The molecule has 108 valence electrons. The van der Waals surface area contributed by atoms with Crippen molar-refractivity contribution in [2.45, 2.75) is 18.9 Å². The normalized spacial score (nSPS) is 17.8. The molecule has 1 N–H and O–H groups in total. The number of carbonyl (C=O) groups excluding carboxylic acids is 2. The summed E-state index contributed by atoms with van der Waals surface area (Å²) in [6, 6.07) is 3.06. The van der Waals surface area contributed by atoms with Gasteiger partial charge in [-0.15, -0.1) is 0 Å². The number of esters is 1. The topological polar surface area (TPSA) is 77.5 Å². The van der Waals surface area contributed by atoms with Crippen LogP contribution >= 0.6 is 11.6 Å². The molecule has 0 unspecified atom stereocenters. The van der Waals surface area contributed by atoms with Crippen LogP contribution in [0.25, 0.3) is 0 Å². The van der Waals surface area contributed by atoms with E-state index >= 15 is 0 Å². The lowest BCUT2D eigenvalue weighted by Crippen LogP contribution is -2.34. The van der Waals surface area contributed by atoms with E-state index < -0.39 is 5.97 Å². The second kappa shape index (κ2) is 7.21. The molecule has 2 heterocycles. The van der Waals surface area contributed by atoms with Crippen LogP contribution in [-0.4, -0.2) is 42.7 Å². The van der Waals surface area contributed by atoms with Gasteiger partial charge in [0.2, 0.25) is 0 Å². The van der Waals surface area contributed by atoms with E-state index in [2.05, 4.69) is 10.3 Å². The zero-order valence-electron chi connectivity index (χ0n) is 10.8. The van der Waals surface area contributed by atoms with E-state index in [-0.39, 0.29) is 29.3 Å². The Morgan fingerprint density at radius 2 is 2.40 bits per heavy atom. The van der Waals surface area contributed by atoms with Gasteiger partial charge in [-0.3, -0.25) is 4.79 Å². The fraction of sp³-hybridized carbons (Fsp3) is 0.462. The molecule has 1 aliphatic heterocycles. The molecule has 1 atom stereocenters. The summed E-state index contributed by atoms with van der Waals surface area (Å²) < 4.78 is 10.2. The second-order valence-electron chi connectivity index (χ2n) is 4.36. The van der Waals surface area contributed by atoms with E-state index in [0.717, 1.165) is 19.4 Å². The highest BCUT2D eigenvalue weighted by Crippen LogP contribution is 2.12. The van der Waals surface area contributed by atoms with Crippen LogP contribution < -0.4 is 5.32 Å². The van der Waals surface area contributed by atoms with Crippen LogP contribution in [-0.2, 0) is 14.3 Å². The SMILES string of the molecule is O=C(COC(=O)c1cccnc1Cl)NC[C@H]1CCCO1. The van der Waals surface area contributed by atoms with Gasteiger partial charge in [0, 0.05) is 19.3 Å². The minimum atomic E-state index is -0.671. The standard InChI is InChI=1S/C13H15ClN2O4/c14-12-10(4-1-5-15-12)13(18)20-8-11(17)16-7-9-3-2-6-19-9/h1,4-5,9H,2-3,6-8H2,(H,16,17)/t9-/m1/s1. The van der Waals surface area contributed by atoms with Crippen molar-refractivity contribution in [1.29, 1.82) is 0 Å². The fourth-order valence-corrected chi connectivity index (χ4v) is 2.03. The summed E-state index contributed by atoms with van der Waals surface area (Å²) in [6.07, 6.45) is 3.47. The minimum Gasteiger partial charge on any atom is -0.452 e. The van der Waals surface area contributed by atoms with Gasteiger partial charge >= 0.3 is 5.97 Å². The Hall–Kier alpha value is -1.66. The number of halogens is 1. The Labute approximate surface area is 121 Å². The van der Waals surface area contributed by atoms with Crippen molar-refractivity contribution in [3.05, 3.63) is 29.0 Å². The quantitative estimate of drug-likeness (QED) is 0.652. The highest BCUT2D eigenvalue weighted by atomic mass is 35.5. The van der Waals surface area contributed by atoms with E-state index in [1.54, 1.807) is 6.07 Å². The first kappa shape index (κ1) is 14.7. The van der Waals surface area contributed by atoms with Crippen molar-refractivity contribution < 1.29 is 19.1 Å². The third-order valence-corrected chi connectivity index (χ3v) is 3.17. The summed E-state index contributed by atoms with van der Waals surface area (Å²) in [4.78, 5) is 27.0. The maximum atomic E-state index is 11.7. The average Bonchev–Trinajstić information content (AvgIpc) is 2.96. The minimum absolute atomic E-state index is 0.0530. The summed E-state index contributed by atoms with van der Waals surface area (Å²) in [5.41, 5.74) is 0.140. The summed E-state index contributed by atoms with van der Waals surface area (Å²) in [7, 11) is 0. The van der Waals surface area contributed by atoms with Gasteiger partial charge in [-0.05, 0) is 25.0 Å². The van der Waals surface area contributed by atoms with Crippen molar-refractivity contribution in [3.63, 3.8) is 0 Å². The highest BCUT2D eigenvalue weighted by Gasteiger charge is 2.17. The number of hydrogen-bond donors (Lipinski definition) is 1. The third kappa shape index (κ3) is 4.18. The maximum Gasteiger partial charge on any atom is 0.341 e. The molecule has 1 aromatic heterocycles. The zero-order chi connectivity index (χ0) is 14.4. The maximum absolute atomic E-state index is 11.7. The zero-order valence-corrected chi connectivity index (χ0v) is 11.6. The van der Waals surface area contributed by atoms with E-state index in [1.165, 1.54) is 12.3 Å². The number of nitrogens with zero attached hydrogens (tertiary/aromatic N) is 1. The van der Waals surface area contributed by atoms with Crippen LogP contribution in [0.4, 0.5) is 0 Å². The molecule has 7 heteroatoms. The van der Waals surface area contributed by atoms with Crippen LogP contribution in [0.15, 0.2) is 18.3 Å². The van der Waals surface area contributed by atoms with Crippen LogP contribution in [0, 0.1) is 0 Å². The van der Waals surface area contributed by atoms with Crippen molar-refractivity contribution >= 4 is 23.5 Å². The van der Waals surface area contributed by atoms with E-state index in [1.807, 2.05) is 0 Å². The first-order valence-corrected chi connectivity index (χ1v) is 6.70. The monoisotopic (exact) mass is 298 g/mol. The van der Waals surface area contributed by atoms with Gasteiger partial charge in [-0.1, -0.05) is 11.6 Å². The van der Waals surface area contributed by atoms with Gasteiger partial charge < -0.3 is 14.8 Å². The summed E-state index contributed by atoms with van der Waals surface area (Å²) in [5.74, 6) is -1.04. The molecule has 6 nitrogen and oxygen atoms in total. The molecular formula is C13H15ClN2O4. The number of hydrogen-bond acceptors (Lipinski definition) is 5. The third-order valence-electron chi connectivity index (χ3n) is 2.86. The Balaban J connectivity index is 1.72. The van der Waals surface area contributed by atoms with E-state index in [0.29, 0.717) is 6.54 Å². The number of nitrogens with one attached hydrogen (secondary N) is 1. The lowest BCUT2D eigenvalue weighted by Gasteiger charge is -2.11. The molecular weight excluding hydrogens is 284 g/mol. The lowest BCUT2D eigenvalue weighted by atomic mass is 10.2. The summed E-state index contributed by atoms with van der Waals surface area (Å²) in [5, 5.41) is 2.71. The molecule has 20 heavy (non-hydrogen) atoms. The fourth-order valence-electron chi connectivity index (χ4n) is 1.83. The van der Waals surface area contributed by atoms with Gasteiger partial charge in [-0.2, -0.15) is 0 Å². The van der Waals surface area contributed by atoms with Crippen molar-refractivity contribution in [2.75, 3.05) is 19.8 Å². The summed E-state index contributed by atoms with van der Waals surface area (Å²) in [6.45, 7) is 0.815. The van der Waals surface area contributed by atoms with Gasteiger partial charge in [0.25, 0.3) is 5.91 Å². The number of ether oxygens (including phenoxy) is 2. The van der Waals surface area contributed by atoms with Gasteiger partial charge in [-0.25, -0.2) is 9.78 Å². The smallest absolute Gasteiger partial charge is 0.341 e. The van der Waals surface area contributed by atoms with Crippen LogP contribution in [0.1, 0.15) is 23.2 Å². The van der Waals surface area contributed by atoms with Crippen LogP contribution in [0.5, 0.6) is 0 Å². The molecule has 1 amide bonds. The van der Waals surface area contributed by atoms with Crippen LogP contribution in [0.3, 0.4) is 0 Å². The predicted octanol–water partition coefficient (Wildman–Crippen LogP) is 1.19. The molecule has 2 rings (SSSR count). The molecule has 0 aromatic carbocycles. The van der Waals surface area contributed by atoms with E-state index in [9.17, 15) is 9.59 Å². The first-order valence-electron chi connectivity index (χ1n) is 6.33. The van der Waals surface area contributed by atoms with Gasteiger partial charge in [0.05, 0.1) is 11.7 Å². The molecule has 1 saturated heterocycles.